The fourth-order valence-corrected chi connectivity index (χ4v) is 1.62. The van der Waals surface area contributed by atoms with E-state index in [4.69, 9.17) is 0 Å². The minimum absolute atomic E-state index is 0.168. The highest BCUT2D eigenvalue weighted by Crippen LogP contribution is 2.30. The lowest BCUT2D eigenvalue weighted by atomic mass is 10.0. The number of aromatic nitrogens is 2. The van der Waals surface area contributed by atoms with Gasteiger partial charge in [0, 0.05) is 12.0 Å². The number of aryl methyl sites for hydroxylation is 1. The highest BCUT2D eigenvalue weighted by molar-refractivity contribution is 5.30. The molecule has 1 heterocycles. The van der Waals surface area contributed by atoms with E-state index < -0.39 is 11.9 Å². The summed E-state index contributed by atoms with van der Waals surface area (Å²) in [7, 11) is 0. The van der Waals surface area contributed by atoms with Crippen LogP contribution in [-0.2, 0) is 12.6 Å². The van der Waals surface area contributed by atoms with Crippen molar-refractivity contribution >= 4 is 0 Å². The van der Waals surface area contributed by atoms with Crippen LogP contribution in [0.3, 0.4) is 0 Å². The fourth-order valence-electron chi connectivity index (χ4n) is 1.62. The topological polar surface area (TPSA) is 28.7 Å². The molecule has 2 rings (SSSR count). The summed E-state index contributed by atoms with van der Waals surface area (Å²) >= 11 is 0. The van der Waals surface area contributed by atoms with Crippen molar-refractivity contribution < 1.29 is 13.2 Å². The third kappa shape index (κ3) is 2.67. The number of halogens is 3. The maximum Gasteiger partial charge on any atom is 0.433 e. The molecule has 0 aliphatic carbocycles. The standard InChI is InChI=1S/C12H11F3N2/c1-8-2-4-9(5-3-8)6-10-7-16-17-11(10)12(13,14)15/h2-5,7H,6H2,1H3,(H,16,17). The predicted octanol–water partition coefficient (Wildman–Crippen LogP) is 3.33. The number of rotatable bonds is 2. The largest absolute Gasteiger partial charge is 0.433 e. The second-order valence-corrected chi connectivity index (χ2v) is 3.93. The lowest BCUT2D eigenvalue weighted by Gasteiger charge is -2.07. The highest BCUT2D eigenvalue weighted by Gasteiger charge is 2.35. The molecule has 0 atom stereocenters. The van der Waals surface area contributed by atoms with Gasteiger partial charge in [-0.3, -0.25) is 5.10 Å². The molecular formula is C12H11F3N2. The van der Waals surface area contributed by atoms with E-state index in [-0.39, 0.29) is 12.0 Å². The molecule has 2 aromatic rings. The average molecular weight is 240 g/mol. The summed E-state index contributed by atoms with van der Waals surface area (Å²) < 4.78 is 37.7. The van der Waals surface area contributed by atoms with Crippen LogP contribution in [0.4, 0.5) is 13.2 Å². The summed E-state index contributed by atoms with van der Waals surface area (Å²) in [5, 5.41) is 5.46. The zero-order valence-electron chi connectivity index (χ0n) is 9.17. The number of H-pyrrole nitrogens is 1. The van der Waals surface area contributed by atoms with Crippen molar-refractivity contribution in [2.45, 2.75) is 19.5 Å². The van der Waals surface area contributed by atoms with Crippen LogP contribution in [0.2, 0.25) is 0 Å². The molecule has 2 nitrogen and oxygen atoms in total. The summed E-state index contributed by atoms with van der Waals surface area (Å²) in [5.41, 5.74) is 1.32. The van der Waals surface area contributed by atoms with Crippen LogP contribution >= 0.6 is 0 Å². The highest BCUT2D eigenvalue weighted by atomic mass is 19.4. The molecule has 1 aromatic carbocycles. The Bertz CT molecular complexity index is 497. The zero-order valence-corrected chi connectivity index (χ0v) is 9.17. The third-order valence-corrected chi connectivity index (χ3v) is 2.52. The van der Waals surface area contributed by atoms with E-state index in [9.17, 15) is 13.2 Å². The lowest BCUT2D eigenvalue weighted by molar-refractivity contribution is -0.141. The van der Waals surface area contributed by atoms with E-state index in [1.807, 2.05) is 36.3 Å². The molecule has 0 bridgehead atoms. The van der Waals surface area contributed by atoms with Gasteiger partial charge in [0.15, 0.2) is 0 Å². The van der Waals surface area contributed by atoms with Gasteiger partial charge in [-0.1, -0.05) is 29.8 Å². The van der Waals surface area contributed by atoms with E-state index >= 15 is 0 Å². The molecule has 0 amide bonds. The molecular weight excluding hydrogens is 229 g/mol. The van der Waals surface area contributed by atoms with Crippen molar-refractivity contribution in [3.63, 3.8) is 0 Å². The van der Waals surface area contributed by atoms with Gasteiger partial charge >= 0.3 is 6.18 Å². The number of nitrogens with zero attached hydrogens (tertiary/aromatic N) is 1. The van der Waals surface area contributed by atoms with Gasteiger partial charge in [0.05, 0.1) is 6.20 Å². The minimum Gasteiger partial charge on any atom is -0.273 e. The van der Waals surface area contributed by atoms with Crippen molar-refractivity contribution in [3.8, 4) is 0 Å². The van der Waals surface area contributed by atoms with Gasteiger partial charge in [-0.05, 0) is 12.5 Å². The van der Waals surface area contributed by atoms with Crippen LogP contribution in [0.5, 0.6) is 0 Å². The lowest BCUT2D eigenvalue weighted by Crippen LogP contribution is -2.09. The Kier molecular flexibility index (Phi) is 2.92. The van der Waals surface area contributed by atoms with Crippen molar-refractivity contribution in [1.29, 1.82) is 0 Å². The number of hydrogen-bond acceptors (Lipinski definition) is 1. The Morgan fingerprint density at radius 2 is 1.82 bits per heavy atom. The molecule has 0 radical (unpaired) electrons. The van der Waals surface area contributed by atoms with Gasteiger partial charge in [0.1, 0.15) is 5.69 Å². The Balaban J connectivity index is 2.25. The molecule has 90 valence electrons. The predicted molar refractivity (Wildman–Crippen MR) is 57.6 cm³/mol. The quantitative estimate of drug-likeness (QED) is 0.857. The Hall–Kier alpha value is -1.78. The third-order valence-electron chi connectivity index (χ3n) is 2.52. The molecule has 1 aromatic heterocycles. The number of alkyl halides is 3. The molecule has 0 spiro atoms. The Labute approximate surface area is 96.5 Å². The van der Waals surface area contributed by atoms with Crippen LogP contribution in [0.15, 0.2) is 30.5 Å². The first-order valence-electron chi connectivity index (χ1n) is 5.12. The van der Waals surface area contributed by atoms with Gasteiger partial charge in [-0.25, -0.2) is 0 Å². The smallest absolute Gasteiger partial charge is 0.273 e. The first kappa shape index (κ1) is 11.7. The summed E-state index contributed by atoms with van der Waals surface area (Å²) in [5.74, 6) is 0. The van der Waals surface area contributed by atoms with E-state index in [1.165, 1.54) is 6.20 Å². The number of benzene rings is 1. The average Bonchev–Trinajstić information content (AvgIpc) is 2.69. The second kappa shape index (κ2) is 4.24. The zero-order chi connectivity index (χ0) is 12.5. The second-order valence-electron chi connectivity index (χ2n) is 3.93. The first-order chi connectivity index (χ1) is 7.97. The monoisotopic (exact) mass is 240 g/mol. The van der Waals surface area contributed by atoms with Crippen molar-refractivity contribution in [2.24, 2.45) is 0 Å². The van der Waals surface area contributed by atoms with Crippen LogP contribution in [0.25, 0.3) is 0 Å². The van der Waals surface area contributed by atoms with Gasteiger partial charge in [0.25, 0.3) is 0 Å². The van der Waals surface area contributed by atoms with E-state index in [2.05, 4.69) is 5.10 Å². The van der Waals surface area contributed by atoms with Crippen LogP contribution in [0.1, 0.15) is 22.4 Å². The van der Waals surface area contributed by atoms with Gasteiger partial charge < -0.3 is 0 Å². The van der Waals surface area contributed by atoms with Crippen LogP contribution < -0.4 is 0 Å². The summed E-state index contributed by atoms with van der Waals surface area (Å²) in [4.78, 5) is 0. The van der Waals surface area contributed by atoms with Gasteiger partial charge in [-0.15, -0.1) is 0 Å². The van der Waals surface area contributed by atoms with Crippen LogP contribution in [-0.4, -0.2) is 10.2 Å². The van der Waals surface area contributed by atoms with E-state index in [0.29, 0.717) is 0 Å². The number of aromatic amines is 1. The molecule has 5 heteroatoms. The maximum atomic E-state index is 12.6. The Morgan fingerprint density at radius 3 is 2.41 bits per heavy atom. The number of hydrogen-bond donors (Lipinski definition) is 1. The summed E-state index contributed by atoms with van der Waals surface area (Å²) in [6.45, 7) is 1.93. The molecule has 0 saturated carbocycles. The minimum atomic E-state index is -4.38. The molecule has 0 aliphatic heterocycles. The maximum absolute atomic E-state index is 12.6. The number of nitrogens with one attached hydrogen (secondary N) is 1. The fraction of sp³-hybridized carbons (Fsp3) is 0.250. The van der Waals surface area contributed by atoms with Crippen molar-refractivity contribution in [1.82, 2.24) is 10.2 Å². The van der Waals surface area contributed by atoms with Crippen LogP contribution in [0, 0.1) is 6.92 Å². The van der Waals surface area contributed by atoms with Crippen molar-refractivity contribution in [3.05, 3.63) is 52.8 Å². The first-order valence-corrected chi connectivity index (χ1v) is 5.12. The molecule has 0 aliphatic rings. The van der Waals surface area contributed by atoms with Crippen molar-refractivity contribution in [2.75, 3.05) is 0 Å². The molecule has 0 saturated heterocycles. The van der Waals surface area contributed by atoms with Gasteiger partial charge in [0.2, 0.25) is 0 Å². The molecule has 0 unspecified atom stereocenters. The molecule has 0 fully saturated rings. The van der Waals surface area contributed by atoms with E-state index in [1.54, 1.807) is 0 Å². The molecule has 17 heavy (non-hydrogen) atoms. The molecule has 1 N–H and O–H groups in total. The van der Waals surface area contributed by atoms with Gasteiger partial charge in [-0.2, -0.15) is 18.3 Å². The summed E-state index contributed by atoms with van der Waals surface area (Å²) in [6, 6.07) is 7.40. The normalized spacial score (nSPS) is 11.8. The summed E-state index contributed by atoms with van der Waals surface area (Å²) in [6.07, 6.45) is -2.93. The SMILES string of the molecule is Cc1ccc(Cc2cn[nH]c2C(F)(F)F)cc1. The Morgan fingerprint density at radius 1 is 1.18 bits per heavy atom. The van der Waals surface area contributed by atoms with E-state index in [0.717, 1.165) is 11.1 Å².